The molecule has 8 nitrogen and oxygen atoms in total. The van der Waals surface area contributed by atoms with E-state index in [0.29, 0.717) is 17.4 Å². The fourth-order valence-electron chi connectivity index (χ4n) is 4.04. The van der Waals surface area contributed by atoms with Crippen LogP contribution in [0.15, 0.2) is 78.9 Å². The van der Waals surface area contributed by atoms with Gasteiger partial charge in [-0.3, -0.25) is 13.9 Å². The van der Waals surface area contributed by atoms with Gasteiger partial charge < -0.3 is 15.0 Å². The van der Waals surface area contributed by atoms with Crippen LogP contribution in [0.2, 0.25) is 5.02 Å². The van der Waals surface area contributed by atoms with E-state index in [1.807, 2.05) is 30.3 Å². The first-order valence-electron chi connectivity index (χ1n) is 12.1. The molecular formula is C28H32ClN3O5S. The van der Waals surface area contributed by atoms with Crippen molar-refractivity contribution in [3.05, 3.63) is 95.0 Å². The molecule has 0 saturated carbocycles. The predicted molar refractivity (Wildman–Crippen MR) is 150 cm³/mol. The number of carbonyl (C=O) groups excluding carboxylic acids is 2. The molecule has 0 aromatic heterocycles. The third kappa shape index (κ3) is 7.72. The monoisotopic (exact) mass is 557 g/mol. The third-order valence-electron chi connectivity index (χ3n) is 5.90. The van der Waals surface area contributed by atoms with Crippen molar-refractivity contribution in [3.63, 3.8) is 0 Å². The number of hydrogen-bond acceptors (Lipinski definition) is 5. The van der Waals surface area contributed by atoms with Crippen LogP contribution >= 0.6 is 11.6 Å². The Morgan fingerprint density at radius 1 is 0.947 bits per heavy atom. The Balaban J connectivity index is 2.04. The van der Waals surface area contributed by atoms with Gasteiger partial charge in [0.05, 0.1) is 18.6 Å². The van der Waals surface area contributed by atoms with Crippen LogP contribution < -0.4 is 14.4 Å². The van der Waals surface area contributed by atoms with Gasteiger partial charge in [-0.1, -0.05) is 66.2 Å². The summed E-state index contributed by atoms with van der Waals surface area (Å²) >= 11 is 6.05. The molecule has 10 heteroatoms. The molecule has 3 rings (SSSR count). The molecule has 1 atom stereocenters. The smallest absolute Gasteiger partial charge is 0.244 e. The summed E-state index contributed by atoms with van der Waals surface area (Å²) < 4.78 is 32.4. The molecule has 0 radical (unpaired) electrons. The van der Waals surface area contributed by atoms with Crippen LogP contribution in [0.4, 0.5) is 5.69 Å². The zero-order chi connectivity index (χ0) is 27.7. The number of nitrogens with one attached hydrogen (secondary N) is 1. The molecule has 0 aliphatic carbocycles. The van der Waals surface area contributed by atoms with Gasteiger partial charge in [-0.05, 0) is 42.3 Å². The van der Waals surface area contributed by atoms with Gasteiger partial charge in [0.15, 0.2) is 0 Å². The van der Waals surface area contributed by atoms with Gasteiger partial charge in [0.2, 0.25) is 21.8 Å². The van der Waals surface area contributed by atoms with E-state index in [9.17, 15) is 18.0 Å². The minimum atomic E-state index is -3.89. The summed E-state index contributed by atoms with van der Waals surface area (Å²) in [5.41, 5.74) is 1.85. The van der Waals surface area contributed by atoms with E-state index < -0.39 is 28.5 Å². The molecule has 3 aromatic carbocycles. The summed E-state index contributed by atoms with van der Waals surface area (Å²) in [5.74, 6) is -0.567. The molecule has 0 aliphatic rings. The highest BCUT2D eigenvalue weighted by Gasteiger charge is 2.33. The second kappa shape index (κ2) is 13.3. The van der Waals surface area contributed by atoms with Crippen LogP contribution in [0.25, 0.3) is 0 Å². The second-order valence-electron chi connectivity index (χ2n) is 8.64. The summed E-state index contributed by atoms with van der Waals surface area (Å²) in [4.78, 5) is 28.5. The first-order chi connectivity index (χ1) is 18.1. The number of amides is 2. The van der Waals surface area contributed by atoms with E-state index in [1.165, 1.54) is 11.9 Å². The number of carbonyl (C=O) groups is 2. The number of ether oxygens (including phenoxy) is 1. The van der Waals surface area contributed by atoms with Crippen LogP contribution in [-0.4, -0.2) is 57.6 Å². The highest BCUT2D eigenvalue weighted by atomic mass is 35.5. The highest BCUT2D eigenvalue weighted by molar-refractivity contribution is 7.92. The van der Waals surface area contributed by atoms with Gasteiger partial charge in [0.25, 0.3) is 0 Å². The normalized spacial score (nSPS) is 11.9. The summed E-state index contributed by atoms with van der Waals surface area (Å²) in [5, 5.41) is 3.19. The molecule has 3 aromatic rings. The SMILES string of the molecule is CCOc1ccccc1N(CC(=O)N(Cc1ccc(Cl)cc1)C(Cc1ccccc1)C(=O)NC)S(C)(=O)=O. The maximum atomic E-state index is 13.9. The quantitative estimate of drug-likeness (QED) is 0.364. The topological polar surface area (TPSA) is 96.0 Å². The maximum Gasteiger partial charge on any atom is 0.244 e. The zero-order valence-corrected chi connectivity index (χ0v) is 23.2. The van der Waals surface area contributed by atoms with Crippen LogP contribution in [0, 0.1) is 0 Å². The molecule has 0 saturated heterocycles. The number of rotatable bonds is 12. The second-order valence-corrected chi connectivity index (χ2v) is 11.0. The Kier molecular flexibility index (Phi) is 10.2. The van der Waals surface area contributed by atoms with E-state index in [2.05, 4.69) is 5.32 Å². The lowest BCUT2D eigenvalue weighted by Crippen LogP contribution is -2.52. The Labute approximate surface area is 229 Å². The van der Waals surface area contributed by atoms with Gasteiger partial charge in [-0.25, -0.2) is 8.42 Å². The van der Waals surface area contributed by atoms with Crippen molar-refractivity contribution in [3.8, 4) is 5.75 Å². The van der Waals surface area contributed by atoms with Crippen LogP contribution in [0.1, 0.15) is 18.1 Å². The van der Waals surface area contributed by atoms with Gasteiger partial charge in [-0.15, -0.1) is 0 Å². The fourth-order valence-corrected chi connectivity index (χ4v) is 5.02. The third-order valence-corrected chi connectivity index (χ3v) is 7.28. The number of halogens is 1. The average Bonchev–Trinajstić information content (AvgIpc) is 2.90. The molecule has 38 heavy (non-hydrogen) atoms. The standard InChI is InChI=1S/C28H32ClN3O5S/c1-4-37-26-13-9-8-12-24(26)32(38(3,35)36)20-27(33)31(19-22-14-16-23(29)17-15-22)25(28(34)30-2)18-21-10-6-5-7-11-21/h5-17,25H,4,18-20H2,1-3H3,(H,30,34). The molecule has 1 unspecified atom stereocenters. The van der Waals surface area contributed by atoms with Gasteiger partial charge in [0, 0.05) is 25.0 Å². The fraction of sp³-hybridized carbons (Fsp3) is 0.286. The molecule has 0 fully saturated rings. The molecule has 0 spiro atoms. The van der Waals surface area contributed by atoms with Crippen LogP contribution in [0.5, 0.6) is 5.75 Å². The largest absolute Gasteiger partial charge is 0.492 e. The van der Waals surface area contributed by atoms with Gasteiger partial charge in [-0.2, -0.15) is 0 Å². The molecule has 0 bridgehead atoms. The molecule has 0 heterocycles. The first-order valence-corrected chi connectivity index (χ1v) is 14.4. The van der Waals surface area contributed by atoms with Crippen molar-refractivity contribution >= 4 is 39.1 Å². The number of para-hydroxylation sites is 2. The summed E-state index contributed by atoms with van der Waals surface area (Å²) in [6, 6.07) is 22.0. The lowest BCUT2D eigenvalue weighted by Gasteiger charge is -2.33. The number of sulfonamides is 1. The maximum absolute atomic E-state index is 13.9. The van der Waals surface area contributed by atoms with Crippen LogP contribution in [0.3, 0.4) is 0 Å². The van der Waals surface area contributed by atoms with E-state index in [4.69, 9.17) is 16.3 Å². The predicted octanol–water partition coefficient (Wildman–Crippen LogP) is 3.89. The van der Waals surface area contributed by atoms with Gasteiger partial charge in [0.1, 0.15) is 18.3 Å². The molecule has 2 amide bonds. The van der Waals surface area contributed by atoms with Crippen molar-refractivity contribution in [1.82, 2.24) is 10.2 Å². The highest BCUT2D eigenvalue weighted by Crippen LogP contribution is 2.30. The lowest BCUT2D eigenvalue weighted by atomic mass is 10.0. The number of likely N-dealkylation sites (N-methyl/N-ethyl adjacent to an activating group) is 1. The molecule has 1 N–H and O–H groups in total. The Hall–Kier alpha value is -3.56. The number of benzene rings is 3. The van der Waals surface area contributed by atoms with Crippen molar-refractivity contribution in [2.75, 3.05) is 30.8 Å². The minimum Gasteiger partial charge on any atom is -0.492 e. The minimum absolute atomic E-state index is 0.0750. The van der Waals surface area contributed by atoms with Crippen molar-refractivity contribution in [1.29, 1.82) is 0 Å². The van der Waals surface area contributed by atoms with E-state index in [0.717, 1.165) is 21.7 Å². The molecule has 202 valence electrons. The Morgan fingerprint density at radius 2 is 1.58 bits per heavy atom. The number of nitrogens with zero attached hydrogens (tertiary/aromatic N) is 2. The summed E-state index contributed by atoms with van der Waals surface area (Å²) in [6.45, 7) is 1.67. The number of anilines is 1. The lowest BCUT2D eigenvalue weighted by molar-refractivity contribution is -0.139. The van der Waals surface area contributed by atoms with Gasteiger partial charge >= 0.3 is 0 Å². The summed E-state index contributed by atoms with van der Waals surface area (Å²) in [6.07, 6.45) is 1.28. The van der Waals surface area contributed by atoms with E-state index in [-0.39, 0.29) is 24.6 Å². The molecule has 0 aliphatic heterocycles. The van der Waals surface area contributed by atoms with E-state index in [1.54, 1.807) is 55.5 Å². The first kappa shape index (κ1) is 29.0. The summed E-state index contributed by atoms with van der Waals surface area (Å²) in [7, 11) is -2.38. The average molecular weight is 558 g/mol. The van der Waals surface area contributed by atoms with E-state index >= 15 is 0 Å². The zero-order valence-electron chi connectivity index (χ0n) is 21.6. The van der Waals surface area contributed by atoms with Crippen molar-refractivity contribution in [2.45, 2.75) is 25.9 Å². The van der Waals surface area contributed by atoms with Crippen LogP contribution in [-0.2, 0) is 32.6 Å². The molecular weight excluding hydrogens is 526 g/mol. The van der Waals surface area contributed by atoms with Crippen molar-refractivity contribution in [2.24, 2.45) is 0 Å². The number of hydrogen-bond donors (Lipinski definition) is 1. The Morgan fingerprint density at radius 3 is 2.18 bits per heavy atom. The van der Waals surface area contributed by atoms with Crippen molar-refractivity contribution < 1.29 is 22.7 Å². The Bertz CT molecular complexity index is 1330.